The molecule has 0 saturated carbocycles. The average Bonchev–Trinajstić information content (AvgIpc) is 2.37. The highest BCUT2D eigenvalue weighted by Gasteiger charge is 2.12. The van der Waals surface area contributed by atoms with Gasteiger partial charge in [-0.1, -0.05) is 6.07 Å². The van der Waals surface area contributed by atoms with Crippen molar-refractivity contribution < 1.29 is 29.2 Å². The van der Waals surface area contributed by atoms with E-state index < -0.39 is 18.7 Å². The van der Waals surface area contributed by atoms with Crippen molar-refractivity contribution >= 4 is 5.97 Å². The Hall–Kier alpha value is -1.79. The first-order chi connectivity index (χ1) is 8.58. The van der Waals surface area contributed by atoms with E-state index in [0.29, 0.717) is 17.1 Å². The van der Waals surface area contributed by atoms with Gasteiger partial charge in [0.2, 0.25) is 0 Å². The summed E-state index contributed by atoms with van der Waals surface area (Å²) in [5, 5.41) is 18.2. The molecule has 0 aromatic heterocycles. The highest BCUT2D eigenvalue weighted by molar-refractivity contribution is 5.67. The van der Waals surface area contributed by atoms with Crippen LogP contribution in [0.4, 0.5) is 0 Å². The molecule has 0 heterocycles. The van der Waals surface area contributed by atoms with Crippen LogP contribution in [-0.4, -0.2) is 43.6 Å². The number of aliphatic carboxylic acids is 1. The largest absolute Gasteiger partial charge is 0.493 e. The van der Waals surface area contributed by atoms with Crippen LogP contribution >= 0.6 is 0 Å². The van der Waals surface area contributed by atoms with Gasteiger partial charge in [0.05, 0.1) is 20.8 Å². The molecule has 0 fully saturated rings. The monoisotopic (exact) mass is 256 g/mol. The second-order valence-corrected chi connectivity index (χ2v) is 3.54. The Kier molecular flexibility index (Phi) is 5.41. The van der Waals surface area contributed by atoms with Crippen molar-refractivity contribution in [2.24, 2.45) is 0 Å². The van der Waals surface area contributed by atoms with Crippen LogP contribution in [0.2, 0.25) is 0 Å². The third kappa shape index (κ3) is 3.90. The maximum Gasteiger partial charge on any atom is 0.329 e. The summed E-state index contributed by atoms with van der Waals surface area (Å²) in [5.74, 6) is -0.0262. The maximum atomic E-state index is 10.3. The Morgan fingerprint density at radius 3 is 2.50 bits per heavy atom. The van der Waals surface area contributed by atoms with Crippen LogP contribution in [0.1, 0.15) is 11.7 Å². The number of carbonyl (C=O) groups is 1. The third-order valence-corrected chi connectivity index (χ3v) is 2.29. The quantitative estimate of drug-likeness (QED) is 0.752. The van der Waals surface area contributed by atoms with Crippen molar-refractivity contribution in [2.45, 2.75) is 6.10 Å². The summed E-state index contributed by atoms with van der Waals surface area (Å²) in [6, 6.07) is 4.94. The summed E-state index contributed by atoms with van der Waals surface area (Å²) in [4.78, 5) is 10.3. The van der Waals surface area contributed by atoms with E-state index in [0.717, 1.165) is 0 Å². The predicted octanol–water partition coefficient (Wildman–Crippen LogP) is 0.838. The highest BCUT2D eigenvalue weighted by atomic mass is 16.5. The first kappa shape index (κ1) is 14.3. The molecule has 6 nitrogen and oxygen atoms in total. The van der Waals surface area contributed by atoms with Crippen LogP contribution < -0.4 is 9.47 Å². The Morgan fingerprint density at radius 2 is 1.94 bits per heavy atom. The third-order valence-electron chi connectivity index (χ3n) is 2.29. The van der Waals surface area contributed by atoms with Gasteiger partial charge in [-0.3, -0.25) is 0 Å². The molecule has 18 heavy (non-hydrogen) atoms. The van der Waals surface area contributed by atoms with Gasteiger partial charge in [0.25, 0.3) is 0 Å². The molecule has 1 aromatic carbocycles. The lowest BCUT2D eigenvalue weighted by Crippen LogP contribution is -2.13. The van der Waals surface area contributed by atoms with Crippen LogP contribution in [0.5, 0.6) is 11.5 Å². The van der Waals surface area contributed by atoms with Gasteiger partial charge in [0.15, 0.2) is 11.5 Å². The Bertz CT molecular complexity index is 404. The van der Waals surface area contributed by atoms with Crippen molar-refractivity contribution in [3.05, 3.63) is 23.8 Å². The molecular formula is C12H16O6. The number of carboxylic acids is 1. The summed E-state index contributed by atoms with van der Waals surface area (Å²) < 4.78 is 15.0. The Balaban J connectivity index is 2.67. The average molecular weight is 256 g/mol. The van der Waals surface area contributed by atoms with Crippen molar-refractivity contribution in [1.82, 2.24) is 0 Å². The fourth-order valence-corrected chi connectivity index (χ4v) is 1.41. The van der Waals surface area contributed by atoms with E-state index in [4.69, 9.17) is 19.3 Å². The zero-order valence-electron chi connectivity index (χ0n) is 10.3. The number of hydrogen-bond donors (Lipinski definition) is 2. The molecule has 100 valence electrons. The van der Waals surface area contributed by atoms with Gasteiger partial charge < -0.3 is 24.4 Å². The van der Waals surface area contributed by atoms with Crippen LogP contribution in [-0.2, 0) is 9.53 Å². The fraction of sp³-hybridized carbons (Fsp3) is 0.417. The number of aliphatic hydroxyl groups excluding tert-OH is 1. The van der Waals surface area contributed by atoms with Gasteiger partial charge in [-0.15, -0.1) is 0 Å². The minimum Gasteiger partial charge on any atom is -0.493 e. The van der Waals surface area contributed by atoms with E-state index in [-0.39, 0.29) is 6.61 Å². The van der Waals surface area contributed by atoms with Gasteiger partial charge in [0, 0.05) is 0 Å². The Labute approximate surface area is 105 Å². The second-order valence-electron chi connectivity index (χ2n) is 3.54. The van der Waals surface area contributed by atoms with Gasteiger partial charge >= 0.3 is 5.97 Å². The summed E-state index contributed by atoms with van der Waals surface area (Å²) in [5.41, 5.74) is 0.568. The molecule has 0 spiro atoms. The van der Waals surface area contributed by atoms with Crippen molar-refractivity contribution in [3.8, 4) is 11.5 Å². The molecular weight excluding hydrogens is 240 g/mol. The molecule has 0 aliphatic heterocycles. The predicted molar refractivity (Wildman–Crippen MR) is 63.0 cm³/mol. The summed E-state index contributed by atoms with van der Waals surface area (Å²) >= 11 is 0. The molecule has 0 amide bonds. The number of rotatable bonds is 7. The highest BCUT2D eigenvalue weighted by Crippen LogP contribution is 2.29. The molecule has 1 atom stereocenters. The van der Waals surface area contributed by atoms with Gasteiger partial charge in [-0.2, -0.15) is 0 Å². The first-order valence-electron chi connectivity index (χ1n) is 5.28. The van der Waals surface area contributed by atoms with Crippen LogP contribution in [0.3, 0.4) is 0 Å². The number of hydrogen-bond acceptors (Lipinski definition) is 5. The molecule has 0 aliphatic rings. The smallest absolute Gasteiger partial charge is 0.329 e. The standard InChI is InChI=1S/C12H16O6/c1-16-10-4-3-8(5-11(10)17-2)9(13)6-18-7-12(14)15/h3-5,9,13H,6-7H2,1-2H3,(H,14,15). The van der Waals surface area contributed by atoms with Gasteiger partial charge in [0.1, 0.15) is 12.7 Å². The van der Waals surface area contributed by atoms with Gasteiger partial charge in [-0.25, -0.2) is 4.79 Å². The molecule has 0 aliphatic carbocycles. The minimum absolute atomic E-state index is 0.0955. The van der Waals surface area contributed by atoms with Crippen LogP contribution in [0.15, 0.2) is 18.2 Å². The summed E-state index contributed by atoms with van der Waals surface area (Å²) in [7, 11) is 3.01. The summed E-state index contributed by atoms with van der Waals surface area (Å²) in [6.45, 7) is -0.536. The van der Waals surface area contributed by atoms with Crippen molar-refractivity contribution in [1.29, 1.82) is 0 Å². The van der Waals surface area contributed by atoms with Gasteiger partial charge in [-0.05, 0) is 17.7 Å². The lowest BCUT2D eigenvalue weighted by atomic mass is 10.1. The maximum absolute atomic E-state index is 10.3. The molecule has 0 bridgehead atoms. The van der Waals surface area contributed by atoms with Crippen molar-refractivity contribution in [2.75, 3.05) is 27.4 Å². The molecule has 1 unspecified atom stereocenters. The number of methoxy groups -OCH3 is 2. The second kappa shape index (κ2) is 6.83. The number of benzene rings is 1. The number of carboxylic acid groups (broad SMARTS) is 1. The fourth-order valence-electron chi connectivity index (χ4n) is 1.41. The lowest BCUT2D eigenvalue weighted by Gasteiger charge is -2.13. The molecule has 0 saturated heterocycles. The van der Waals surface area contributed by atoms with E-state index in [2.05, 4.69) is 0 Å². The van der Waals surface area contributed by atoms with Crippen LogP contribution in [0.25, 0.3) is 0 Å². The number of aliphatic hydroxyl groups is 1. The topological polar surface area (TPSA) is 85.2 Å². The minimum atomic E-state index is -1.07. The lowest BCUT2D eigenvalue weighted by molar-refractivity contribution is -0.143. The molecule has 2 N–H and O–H groups in total. The van der Waals surface area contributed by atoms with Crippen LogP contribution in [0, 0.1) is 0 Å². The molecule has 1 rings (SSSR count). The SMILES string of the molecule is COc1ccc(C(O)COCC(=O)O)cc1OC. The van der Waals surface area contributed by atoms with Crippen molar-refractivity contribution in [3.63, 3.8) is 0 Å². The first-order valence-corrected chi connectivity index (χ1v) is 5.28. The Morgan fingerprint density at radius 1 is 1.28 bits per heavy atom. The molecule has 6 heteroatoms. The van der Waals surface area contributed by atoms with E-state index in [1.165, 1.54) is 14.2 Å². The molecule has 1 aromatic rings. The number of ether oxygens (including phenoxy) is 3. The van der Waals surface area contributed by atoms with E-state index in [1.54, 1.807) is 18.2 Å². The zero-order chi connectivity index (χ0) is 13.5. The summed E-state index contributed by atoms with van der Waals surface area (Å²) in [6.07, 6.45) is -0.913. The van der Waals surface area contributed by atoms with E-state index in [9.17, 15) is 9.90 Å². The normalized spacial score (nSPS) is 11.9. The van der Waals surface area contributed by atoms with E-state index >= 15 is 0 Å². The van der Waals surface area contributed by atoms with E-state index in [1.807, 2.05) is 0 Å². The molecule has 0 radical (unpaired) electrons. The zero-order valence-corrected chi connectivity index (χ0v) is 10.3.